The minimum Gasteiger partial charge on any atom is -0.465 e. The first-order valence-electron chi connectivity index (χ1n) is 19.4. The van der Waals surface area contributed by atoms with Gasteiger partial charge in [0, 0.05) is 6.61 Å². The number of carbonyl (C=O) groups is 2. The van der Waals surface area contributed by atoms with Gasteiger partial charge in [-0.1, -0.05) is 90.4 Å². The molecular formula is C38H68O11. The van der Waals surface area contributed by atoms with Gasteiger partial charge in [-0.05, 0) is 54.4 Å². The summed E-state index contributed by atoms with van der Waals surface area (Å²) in [5.74, 6) is -3.92. The molecule has 0 amide bonds. The van der Waals surface area contributed by atoms with Gasteiger partial charge in [-0.3, -0.25) is 9.59 Å². The second-order valence-corrected chi connectivity index (χ2v) is 14.6. The van der Waals surface area contributed by atoms with Crippen LogP contribution in [0.4, 0.5) is 0 Å². The summed E-state index contributed by atoms with van der Waals surface area (Å²) in [4.78, 5) is 25.7. The minimum absolute atomic E-state index is 0.0666. The zero-order valence-electron chi connectivity index (χ0n) is 31.7. The summed E-state index contributed by atoms with van der Waals surface area (Å²) in [6.07, 6.45) is 14.8. The summed E-state index contributed by atoms with van der Waals surface area (Å²) in [7, 11) is 0. The van der Waals surface area contributed by atoms with Gasteiger partial charge in [0.2, 0.25) is 0 Å². The fraction of sp³-hybridized carbons (Fsp3) is 0.947. The summed E-state index contributed by atoms with van der Waals surface area (Å²) in [6, 6.07) is 0. The molecule has 0 unspecified atom stereocenters. The van der Waals surface area contributed by atoms with Crippen molar-refractivity contribution >= 4 is 11.9 Å². The van der Waals surface area contributed by atoms with Crippen LogP contribution in [0.2, 0.25) is 0 Å². The van der Waals surface area contributed by atoms with Crippen LogP contribution in [-0.4, -0.2) is 93.4 Å². The van der Waals surface area contributed by atoms with E-state index in [1.165, 1.54) is 70.6 Å². The molecule has 6 atom stereocenters. The number of carbonyl (C=O) groups excluding carboxylic acids is 2. The summed E-state index contributed by atoms with van der Waals surface area (Å²) >= 11 is 0. The third kappa shape index (κ3) is 14.7. The van der Waals surface area contributed by atoms with Gasteiger partial charge in [-0.25, -0.2) is 0 Å². The normalized spacial score (nSPS) is 26.2. The Morgan fingerprint density at radius 1 is 0.673 bits per heavy atom. The predicted octanol–water partition coefficient (Wildman–Crippen LogP) is 7.40. The SMILES string of the molecule is CCCCCCCCCCCCCCCCO[C@@H](CO[C@H]1O[C@H]([C@H]2COC(C)(C)O2)[C@@H]2OC(C)(C)O[C@H]12)CC(C(=O)OCC)C(=O)OCC. The summed E-state index contributed by atoms with van der Waals surface area (Å²) < 4.78 is 53.7. The van der Waals surface area contributed by atoms with Crippen molar-refractivity contribution in [3.63, 3.8) is 0 Å². The Balaban J connectivity index is 1.50. The molecule has 3 fully saturated rings. The highest BCUT2D eigenvalue weighted by atomic mass is 16.8. The predicted molar refractivity (Wildman–Crippen MR) is 185 cm³/mol. The number of fused-ring (bicyclic) bond motifs is 1. The quantitative estimate of drug-likeness (QED) is 0.0511. The molecule has 0 bridgehead atoms. The van der Waals surface area contributed by atoms with Crippen molar-refractivity contribution in [3.05, 3.63) is 0 Å². The first kappa shape index (κ1) is 42.1. The largest absolute Gasteiger partial charge is 0.465 e. The molecule has 3 saturated heterocycles. The van der Waals surface area contributed by atoms with E-state index < -0.39 is 60.1 Å². The molecule has 0 spiro atoms. The van der Waals surface area contributed by atoms with Crippen LogP contribution in [0.5, 0.6) is 0 Å². The van der Waals surface area contributed by atoms with Gasteiger partial charge < -0.3 is 42.6 Å². The molecule has 49 heavy (non-hydrogen) atoms. The topological polar surface area (TPSA) is 117 Å². The maximum Gasteiger partial charge on any atom is 0.320 e. The van der Waals surface area contributed by atoms with Gasteiger partial charge in [0.1, 0.15) is 24.4 Å². The Kier molecular flexibility index (Phi) is 18.8. The maximum atomic E-state index is 12.8. The molecule has 3 rings (SSSR count). The van der Waals surface area contributed by atoms with Crippen LogP contribution in [0.1, 0.15) is 145 Å². The molecule has 3 aliphatic heterocycles. The van der Waals surface area contributed by atoms with E-state index in [0.29, 0.717) is 13.2 Å². The van der Waals surface area contributed by atoms with E-state index in [1.54, 1.807) is 13.8 Å². The lowest BCUT2D eigenvalue weighted by atomic mass is 10.0. The van der Waals surface area contributed by atoms with Gasteiger partial charge in [0.05, 0.1) is 32.5 Å². The van der Waals surface area contributed by atoms with Gasteiger partial charge in [0.25, 0.3) is 0 Å². The van der Waals surface area contributed by atoms with Crippen molar-refractivity contribution in [1.82, 2.24) is 0 Å². The molecule has 0 radical (unpaired) electrons. The number of ether oxygens (including phenoxy) is 9. The van der Waals surface area contributed by atoms with E-state index in [4.69, 9.17) is 42.6 Å². The molecular weight excluding hydrogens is 632 g/mol. The zero-order chi connectivity index (χ0) is 35.7. The fourth-order valence-electron chi connectivity index (χ4n) is 6.87. The lowest BCUT2D eigenvalue weighted by Gasteiger charge is -2.28. The van der Waals surface area contributed by atoms with Crippen LogP contribution in [0.25, 0.3) is 0 Å². The molecule has 0 N–H and O–H groups in total. The second kappa shape index (κ2) is 21.9. The monoisotopic (exact) mass is 700 g/mol. The lowest BCUT2D eigenvalue weighted by Crippen LogP contribution is -2.40. The highest BCUT2D eigenvalue weighted by molar-refractivity contribution is 5.94. The molecule has 0 aromatic carbocycles. The van der Waals surface area contributed by atoms with E-state index in [2.05, 4.69) is 6.92 Å². The average Bonchev–Trinajstić information content (AvgIpc) is 3.68. The van der Waals surface area contributed by atoms with Crippen LogP contribution in [0, 0.1) is 5.92 Å². The molecule has 11 nitrogen and oxygen atoms in total. The molecule has 286 valence electrons. The van der Waals surface area contributed by atoms with Crippen molar-refractivity contribution in [1.29, 1.82) is 0 Å². The van der Waals surface area contributed by atoms with Crippen LogP contribution in [0.3, 0.4) is 0 Å². The van der Waals surface area contributed by atoms with E-state index in [0.717, 1.165) is 19.3 Å². The minimum atomic E-state index is -1.12. The third-order valence-corrected chi connectivity index (χ3v) is 9.38. The van der Waals surface area contributed by atoms with Gasteiger partial charge in [-0.15, -0.1) is 0 Å². The Morgan fingerprint density at radius 2 is 1.20 bits per heavy atom. The zero-order valence-corrected chi connectivity index (χ0v) is 31.7. The highest BCUT2D eigenvalue weighted by Gasteiger charge is 2.59. The highest BCUT2D eigenvalue weighted by Crippen LogP contribution is 2.42. The number of esters is 2. The van der Waals surface area contributed by atoms with Gasteiger partial charge in [-0.2, -0.15) is 0 Å². The maximum absolute atomic E-state index is 12.8. The molecule has 11 heteroatoms. The van der Waals surface area contributed by atoms with Crippen molar-refractivity contribution < 1.29 is 52.2 Å². The van der Waals surface area contributed by atoms with Crippen molar-refractivity contribution in [2.45, 2.75) is 193 Å². The van der Waals surface area contributed by atoms with Crippen LogP contribution in [-0.2, 0) is 52.2 Å². The van der Waals surface area contributed by atoms with E-state index in [9.17, 15) is 9.59 Å². The third-order valence-electron chi connectivity index (χ3n) is 9.38. The smallest absolute Gasteiger partial charge is 0.320 e. The van der Waals surface area contributed by atoms with E-state index in [1.807, 2.05) is 27.7 Å². The summed E-state index contributed by atoms with van der Waals surface area (Å²) in [5, 5.41) is 0. The summed E-state index contributed by atoms with van der Waals surface area (Å²) in [6.45, 7) is 14.4. The van der Waals surface area contributed by atoms with Crippen LogP contribution >= 0.6 is 0 Å². The second-order valence-electron chi connectivity index (χ2n) is 14.6. The average molecular weight is 701 g/mol. The van der Waals surface area contributed by atoms with E-state index >= 15 is 0 Å². The Bertz CT molecular complexity index is 923. The molecule has 0 saturated carbocycles. The Hall–Kier alpha value is -1.34. The number of hydrogen-bond donors (Lipinski definition) is 0. The molecule has 0 aromatic heterocycles. The van der Waals surface area contributed by atoms with Crippen molar-refractivity contribution in [3.8, 4) is 0 Å². The number of hydrogen-bond acceptors (Lipinski definition) is 11. The standard InChI is InChI=1S/C38H68O11/c1-8-11-12-13-14-15-16-17-18-19-20-21-22-23-24-43-28(25-29(34(39)41-9-2)35(40)42-10-3)26-44-36-33-32(48-38(6,7)49-33)31(46-36)30-27-45-37(4,5)47-30/h28-33,36H,8-27H2,1-7H3/t28-,30-,31-,32+,33+,36+/m1/s1. The molecule has 0 aromatic rings. The van der Waals surface area contributed by atoms with E-state index in [-0.39, 0.29) is 32.3 Å². The Labute approximate surface area is 296 Å². The molecule has 3 heterocycles. The Morgan fingerprint density at radius 3 is 1.71 bits per heavy atom. The summed E-state index contributed by atoms with van der Waals surface area (Å²) in [5.41, 5.74) is 0. The van der Waals surface area contributed by atoms with Crippen LogP contribution < -0.4 is 0 Å². The van der Waals surface area contributed by atoms with Gasteiger partial charge in [0.15, 0.2) is 23.8 Å². The fourth-order valence-corrected chi connectivity index (χ4v) is 6.87. The molecule has 3 aliphatic rings. The van der Waals surface area contributed by atoms with Crippen molar-refractivity contribution in [2.24, 2.45) is 5.92 Å². The lowest BCUT2D eigenvalue weighted by molar-refractivity contribution is -0.252. The number of rotatable bonds is 26. The van der Waals surface area contributed by atoms with Crippen molar-refractivity contribution in [2.75, 3.05) is 33.0 Å². The first-order chi connectivity index (χ1) is 23.5. The molecule has 0 aliphatic carbocycles. The first-order valence-corrected chi connectivity index (χ1v) is 19.4. The number of unbranched alkanes of at least 4 members (excludes halogenated alkanes) is 13. The van der Waals surface area contributed by atoms with Gasteiger partial charge >= 0.3 is 11.9 Å². The van der Waals surface area contributed by atoms with Crippen LogP contribution in [0.15, 0.2) is 0 Å².